The van der Waals surface area contributed by atoms with Crippen molar-refractivity contribution in [3.8, 4) is 11.1 Å². The molecule has 1 saturated heterocycles. The number of hydrogen-bond donors (Lipinski definition) is 1. The molecule has 0 spiro atoms. The molecule has 4 rings (SSSR count). The smallest absolute Gasteiger partial charge is 0.0992 e. The molecule has 4 heteroatoms. The van der Waals surface area contributed by atoms with Crippen molar-refractivity contribution >= 4 is 11.0 Å². The molecule has 112 valence electrons. The van der Waals surface area contributed by atoms with Gasteiger partial charge in [0.2, 0.25) is 0 Å². The molecule has 3 aromatic rings. The lowest BCUT2D eigenvalue weighted by Gasteiger charge is -2.24. The maximum absolute atomic E-state index is 4.41. The zero-order chi connectivity index (χ0) is 14.9. The Morgan fingerprint density at radius 2 is 1.86 bits per heavy atom. The number of pyridine rings is 1. The maximum Gasteiger partial charge on any atom is 0.0992 e. The van der Waals surface area contributed by atoms with Crippen LogP contribution in [0.4, 0.5) is 0 Å². The van der Waals surface area contributed by atoms with E-state index in [1.807, 2.05) is 12.4 Å². The molecule has 1 atom stereocenters. The highest BCUT2D eigenvalue weighted by molar-refractivity contribution is 5.90. The van der Waals surface area contributed by atoms with Crippen LogP contribution in [0.2, 0.25) is 0 Å². The van der Waals surface area contributed by atoms with Crippen LogP contribution in [0.25, 0.3) is 22.2 Å². The van der Waals surface area contributed by atoms with Crippen molar-refractivity contribution in [1.29, 1.82) is 0 Å². The van der Waals surface area contributed by atoms with E-state index in [0.717, 1.165) is 16.6 Å². The van der Waals surface area contributed by atoms with E-state index < -0.39 is 0 Å². The van der Waals surface area contributed by atoms with Gasteiger partial charge in [-0.2, -0.15) is 0 Å². The number of rotatable bonds is 3. The van der Waals surface area contributed by atoms with Crippen LogP contribution >= 0.6 is 0 Å². The number of imidazole rings is 1. The van der Waals surface area contributed by atoms with Gasteiger partial charge in [-0.3, -0.25) is 9.88 Å². The van der Waals surface area contributed by atoms with Crippen molar-refractivity contribution in [2.45, 2.75) is 25.8 Å². The van der Waals surface area contributed by atoms with Gasteiger partial charge in [0.05, 0.1) is 23.6 Å². The van der Waals surface area contributed by atoms with Gasteiger partial charge in [-0.1, -0.05) is 24.3 Å². The number of aromatic nitrogens is 3. The molecule has 1 unspecified atom stereocenters. The van der Waals surface area contributed by atoms with E-state index in [-0.39, 0.29) is 0 Å². The summed E-state index contributed by atoms with van der Waals surface area (Å²) in [6, 6.07) is 9.35. The lowest BCUT2D eigenvalue weighted by atomic mass is 10.0. The molecule has 1 aliphatic rings. The zero-order valence-corrected chi connectivity index (χ0v) is 12.8. The van der Waals surface area contributed by atoms with Gasteiger partial charge in [-0.15, -0.1) is 0 Å². The van der Waals surface area contributed by atoms with E-state index in [9.17, 15) is 0 Å². The molecule has 1 fully saturated rings. The Morgan fingerprint density at radius 1 is 1.09 bits per heavy atom. The van der Waals surface area contributed by atoms with Gasteiger partial charge >= 0.3 is 0 Å². The van der Waals surface area contributed by atoms with Crippen molar-refractivity contribution in [2.75, 3.05) is 13.1 Å². The van der Waals surface area contributed by atoms with Crippen LogP contribution < -0.4 is 0 Å². The average Bonchev–Trinajstić information content (AvgIpc) is 3.25. The number of likely N-dealkylation sites (tertiary alicyclic amines) is 1. The van der Waals surface area contributed by atoms with Crippen molar-refractivity contribution < 1.29 is 0 Å². The highest BCUT2D eigenvalue weighted by Crippen LogP contribution is 2.29. The number of aromatic amines is 1. The standard InChI is InChI=1S/C18H20N4/c1-13(22-8-2-3-9-22)14-4-6-15(7-5-14)16-10-19-11-17-18(16)21-12-20-17/h4-7,10-13H,2-3,8-9H2,1H3,(H,20,21). The largest absolute Gasteiger partial charge is 0.343 e. The second kappa shape index (κ2) is 5.54. The molecule has 1 N–H and O–H groups in total. The summed E-state index contributed by atoms with van der Waals surface area (Å²) in [6.45, 7) is 4.75. The zero-order valence-electron chi connectivity index (χ0n) is 12.8. The van der Waals surface area contributed by atoms with E-state index in [4.69, 9.17) is 0 Å². The lowest BCUT2D eigenvalue weighted by molar-refractivity contribution is 0.263. The predicted molar refractivity (Wildman–Crippen MR) is 88.5 cm³/mol. The van der Waals surface area contributed by atoms with Crippen LogP contribution in [0.5, 0.6) is 0 Å². The SMILES string of the molecule is CC(c1ccc(-c2cncc3[nH]cnc23)cc1)N1CCCC1. The maximum atomic E-state index is 4.41. The van der Waals surface area contributed by atoms with E-state index >= 15 is 0 Å². The van der Waals surface area contributed by atoms with Crippen molar-refractivity contribution in [1.82, 2.24) is 19.9 Å². The van der Waals surface area contributed by atoms with Gasteiger partial charge in [0.1, 0.15) is 0 Å². The van der Waals surface area contributed by atoms with Crippen LogP contribution in [-0.2, 0) is 0 Å². The monoisotopic (exact) mass is 292 g/mol. The minimum Gasteiger partial charge on any atom is -0.343 e. The molecular formula is C18H20N4. The average molecular weight is 292 g/mol. The summed E-state index contributed by atoms with van der Waals surface area (Å²) in [7, 11) is 0. The van der Waals surface area contributed by atoms with Gasteiger partial charge in [0.25, 0.3) is 0 Å². The van der Waals surface area contributed by atoms with E-state index in [2.05, 4.69) is 51.0 Å². The van der Waals surface area contributed by atoms with E-state index in [0.29, 0.717) is 6.04 Å². The molecule has 0 saturated carbocycles. The van der Waals surface area contributed by atoms with E-state index in [1.165, 1.54) is 37.1 Å². The third-order valence-electron chi connectivity index (χ3n) is 4.72. The van der Waals surface area contributed by atoms with Crippen molar-refractivity contribution in [3.63, 3.8) is 0 Å². The molecule has 3 heterocycles. The molecule has 22 heavy (non-hydrogen) atoms. The predicted octanol–water partition coefficient (Wildman–Crippen LogP) is 3.78. The first kappa shape index (κ1) is 13.5. The molecule has 0 radical (unpaired) electrons. The molecule has 1 aromatic carbocycles. The second-order valence-corrected chi connectivity index (χ2v) is 6.03. The first-order valence-corrected chi connectivity index (χ1v) is 7.94. The van der Waals surface area contributed by atoms with Gasteiger partial charge in [-0.05, 0) is 44.0 Å². The third-order valence-corrected chi connectivity index (χ3v) is 4.72. The molecule has 1 aliphatic heterocycles. The van der Waals surface area contributed by atoms with Gasteiger partial charge in [0.15, 0.2) is 0 Å². The Morgan fingerprint density at radius 3 is 2.64 bits per heavy atom. The summed E-state index contributed by atoms with van der Waals surface area (Å²) in [4.78, 5) is 14.4. The molecule has 0 aliphatic carbocycles. The van der Waals surface area contributed by atoms with Crippen LogP contribution in [0.1, 0.15) is 31.4 Å². The highest BCUT2D eigenvalue weighted by Gasteiger charge is 2.19. The number of H-pyrrole nitrogens is 1. The minimum absolute atomic E-state index is 0.496. The second-order valence-electron chi connectivity index (χ2n) is 6.03. The highest BCUT2D eigenvalue weighted by atomic mass is 15.2. The Kier molecular flexibility index (Phi) is 3.39. The Bertz CT molecular complexity index is 769. The molecule has 0 bridgehead atoms. The van der Waals surface area contributed by atoms with E-state index in [1.54, 1.807) is 6.33 Å². The molecule has 2 aromatic heterocycles. The minimum atomic E-state index is 0.496. The summed E-state index contributed by atoms with van der Waals surface area (Å²) in [6.07, 6.45) is 8.09. The summed E-state index contributed by atoms with van der Waals surface area (Å²) in [5.74, 6) is 0. The van der Waals surface area contributed by atoms with Gasteiger partial charge < -0.3 is 4.98 Å². The van der Waals surface area contributed by atoms with Gasteiger partial charge in [0, 0.05) is 17.8 Å². The summed E-state index contributed by atoms with van der Waals surface area (Å²) >= 11 is 0. The van der Waals surface area contributed by atoms with Crippen LogP contribution in [0, 0.1) is 0 Å². The summed E-state index contributed by atoms with van der Waals surface area (Å²) < 4.78 is 0. The molecule has 4 nitrogen and oxygen atoms in total. The van der Waals surface area contributed by atoms with Crippen LogP contribution in [-0.4, -0.2) is 32.9 Å². The fourth-order valence-electron chi connectivity index (χ4n) is 3.36. The first-order valence-electron chi connectivity index (χ1n) is 7.94. The lowest BCUT2D eigenvalue weighted by Crippen LogP contribution is -2.23. The quantitative estimate of drug-likeness (QED) is 0.799. The van der Waals surface area contributed by atoms with Gasteiger partial charge in [-0.25, -0.2) is 4.98 Å². The fraction of sp³-hybridized carbons (Fsp3) is 0.333. The molecular weight excluding hydrogens is 272 g/mol. The summed E-state index contributed by atoms with van der Waals surface area (Å²) in [5, 5.41) is 0. The van der Waals surface area contributed by atoms with Crippen LogP contribution in [0.3, 0.4) is 0 Å². The third kappa shape index (κ3) is 2.29. The Hall–Kier alpha value is -2.20. The van der Waals surface area contributed by atoms with Crippen LogP contribution in [0.15, 0.2) is 43.0 Å². The first-order chi connectivity index (χ1) is 10.8. The normalized spacial score (nSPS) is 17.1. The number of hydrogen-bond acceptors (Lipinski definition) is 3. The Balaban J connectivity index is 1.65. The fourth-order valence-corrected chi connectivity index (χ4v) is 3.36. The Labute approximate surface area is 130 Å². The summed E-state index contributed by atoms with van der Waals surface area (Å²) in [5.41, 5.74) is 5.59. The number of fused-ring (bicyclic) bond motifs is 1. The number of nitrogens with one attached hydrogen (secondary N) is 1. The van der Waals surface area contributed by atoms with Crippen molar-refractivity contribution in [2.24, 2.45) is 0 Å². The topological polar surface area (TPSA) is 44.8 Å². The molecule has 0 amide bonds. The number of nitrogens with zero attached hydrogens (tertiary/aromatic N) is 3. The number of benzene rings is 1. The van der Waals surface area contributed by atoms with Crippen molar-refractivity contribution in [3.05, 3.63) is 48.5 Å².